The summed E-state index contributed by atoms with van der Waals surface area (Å²) in [7, 11) is 0. The number of urea groups is 1. The smallest absolute Gasteiger partial charge is 0.308 e. The molecule has 0 saturated carbocycles. The van der Waals surface area contributed by atoms with Crippen molar-refractivity contribution in [2.45, 2.75) is 0 Å². The van der Waals surface area contributed by atoms with E-state index in [0.29, 0.717) is 5.82 Å². The third-order valence-corrected chi connectivity index (χ3v) is 2.54. The molecule has 0 spiro atoms. The fraction of sp³-hybridized carbons (Fsp3) is 0. The van der Waals surface area contributed by atoms with E-state index in [4.69, 9.17) is 0 Å². The number of halogens is 1. The van der Waals surface area contributed by atoms with Crippen LogP contribution in [0, 0.1) is 0 Å². The van der Waals surface area contributed by atoms with E-state index in [2.05, 4.69) is 31.5 Å². The Morgan fingerprint density at radius 3 is 2.47 bits per heavy atom. The molecule has 86 valence electrons. The molecule has 0 atom stereocenters. The summed E-state index contributed by atoms with van der Waals surface area (Å²) >= 11 is 3.33. The standard InChI is InChI=1S/C12H10BrN3O/c13-9-4-6-10(7-5-9)15-12(17)16-11-3-1-2-8-14-11/h1-8H,(H2,14,15,16,17). The monoisotopic (exact) mass is 291 g/mol. The predicted octanol–water partition coefficient (Wildman–Crippen LogP) is 3.49. The number of benzene rings is 1. The zero-order chi connectivity index (χ0) is 12.1. The van der Waals surface area contributed by atoms with Gasteiger partial charge in [0.05, 0.1) is 0 Å². The lowest BCUT2D eigenvalue weighted by molar-refractivity contribution is 0.262. The average molecular weight is 292 g/mol. The van der Waals surface area contributed by atoms with E-state index in [0.717, 1.165) is 10.2 Å². The van der Waals surface area contributed by atoms with Gasteiger partial charge in [-0.05, 0) is 36.4 Å². The van der Waals surface area contributed by atoms with Crippen molar-refractivity contribution in [2.75, 3.05) is 10.6 Å². The molecule has 0 aliphatic rings. The molecule has 0 saturated heterocycles. The molecule has 1 aromatic heterocycles. The number of nitrogens with zero attached hydrogens (tertiary/aromatic N) is 1. The van der Waals surface area contributed by atoms with Crippen LogP contribution in [0.1, 0.15) is 0 Å². The maximum atomic E-state index is 11.6. The summed E-state index contributed by atoms with van der Waals surface area (Å²) in [5.74, 6) is 0.516. The van der Waals surface area contributed by atoms with Crippen molar-refractivity contribution < 1.29 is 4.79 Å². The van der Waals surface area contributed by atoms with Crippen molar-refractivity contribution in [1.82, 2.24) is 4.98 Å². The highest BCUT2D eigenvalue weighted by atomic mass is 79.9. The van der Waals surface area contributed by atoms with Crippen LogP contribution in [-0.2, 0) is 0 Å². The predicted molar refractivity (Wildman–Crippen MR) is 71.0 cm³/mol. The Kier molecular flexibility index (Phi) is 3.72. The van der Waals surface area contributed by atoms with Gasteiger partial charge >= 0.3 is 6.03 Å². The molecular weight excluding hydrogens is 282 g/mol. The lowest BCUT2D eigenvalue weighted by Gasteiger charge is -2.06. The van der Waals surface area contributed by atoms with Gasteiger partial charge in [0.1, 0.15) is 5.82 Å². The van der Waals surface area contributed by atoms with Crippen LogP contribution in [0.5, 0.6) is 0 Å². The topological polar surface area (TPSA) is 54.0 Å². The molecule has 0 radical (unpaired) electrons. The molecule has 2 N–H and O–H groups in total. The summed E-state index contributed by atoms with van der Waals surface area (Å²) in [5, 5.41) is 5.34. The highest BCUT2D eigenvalue weighted by Crippen LogP contribution is 2.14. The number of hydrogen-bond donors (Lipinski definition) is 2. The van der Waals surface area contributed by atoms with Gasteiger partial charge in [-0.3, -0.25) is 5.32 Å². The third-order valence-electron chi connectivity index (χ3n) is 2.01. The van der Waals surface area contributed by atoms with Crippen LogP contribution in [0.2, 0.25) is 0 Å². The van der Waals surface area contributed by atoms with Crippen LogP contribution in [0.25, 0.3) is 0 Å². The van der Waals surface area contributed by atoms with Crippen LogP contribution >= 0.6 is 15.9 Å². The Balaban J connectivity index is 1.96. The summed E-state index contributed by atoms with van der Waals surface area (Å²) in [6.07, 6.45) is 1.62. The van der Waals surface area contributed by atoms with E-state index in [1.54, 1.807) is 18.3 Å². The van der Waals surface area contributed by atoms with Crippen molar-refractivity contribution in [1.29, 1.82) is 0 Å². The first-order valence-corrected chi connectivity index (χ1v) is 5.78. The van der Waals surface area contributed by atoms with Crippen LogP contribution in [-0.4, -0.2) is 11.0 Å². The zero-order valence-corrected chi connectivity index (χ0v) is 10.4. The van der Waals surface area contributed by atoms with E-state index in [9.17, 15) is 4.79 Å². The second-order valence-electron chi connectivity index (χ2n) is 3.30. The van der Waals surface area contributed by atoms with Gasteiger partial charge in [0.2, 0.25) is 0 Å². The van der Waals surface area contributed by atoms with Gasteiger partial charge in [-0.2, -0.15) is 0 Å². The van der Waals surface area contributed by atoms with Gasteiger partial charge in [0, 0.05) is 16.4 Å². The van der Waals surface area contributed by atoms with Crippen LogP contribution in [0.3, 0.4) is 0 Å². The normalized spacial score (nSPS) is 9.71. The maximum absolute atomic E-state index is 11.6. The second kappa shape index (κ2) is 5.45. The Morgan fingerprint density at radius 2 is 1.82 bits per heavy atom. The summed E-state index contributed by atoms with van der Waals surface area (Å²) < 4.78 is 0.966. The number of anilines is 2. The first-order chi connectivity index (χ1) is 8.24. The van der Waals surface area contributed by atoms with Crippen molar-refractivity contribution >= 4 is 33.5 Å². The van der Waals surface area contributed by atoms with E-state index in [-0.39, 0.29) is 6.03 Å². The van der Waals surface area contributed by atoms with Crippen molar-refractivity contribution in [3.05, 3.63) is 53.1 Å². The molecule has 2 aromatic rings. The minimum atomic E-state index is -0.314. The minimum Gasteiger partial charge on any atom is -0.308 e. The quantitative estimate of drug-likeness (QED) is 0.890. The number of hydrogen-bond acceptors (Lipinski definition) is 2. The first kappa shape index (κ1) is 11.6. The zero-order valence-electron chi connectivity index (χ0n) is 8.85. The second-order valence-corrected chi connectivity index (χ2v) is 4.22. The number of rotatable bonds is 2. The van der Waals surface area contributed by atoms with E-state index < -0.39 is 0 Å². The van der Waals surface area contributed by atoms with Gasteiger partial charge in [0.15, 0.2) is 0 Å². The van der Waals surface area contributed by atoms with Gasteiger partial charge < -0.3 is 5.32 Å². The highest BCUT2D eigenvalue weighted by Gasteiger charge is 2.02. The Morgan fingerprint density at radius 1 is 1.06 bits per heavy atom. The van der Waals surface area contributed by atoms with Crippen LogP contribution in [0.4, 0.5) is 16.3 Å². The molecule has 4 nitrogen and oxygen atoms in total. The Bertz CT molecular complexity index is 499. The highest BCUT2D eigenvalue weighted by molar-refractivity contribution is 9.10. The van der Waals surface area contributed by atoms with Crippen molar-refractivity contribution in [3.8, 4) is 0 Å². The lowest BCUT2D eigenvalue weighted by atomic mass is 10.3. The molecule has 5 heteroatoms. The number of aromatic nitrogens is 1. The van der Waals surface area contributed by atoms with E-state index >= 15 is 0 Å². The first-order valence-electron chi connectivity index (χ1n) is 4.98. The van der Waals surface area contributed by atoms with Crippen molar-refractivity contribution in [3.63, 3.8) is 0 Å². The molecule has 2 amide bonds. The maximum Gasteiger partial charge on any atom is 0.324 e. The average Bonchev–Trinajstić information content (AvgIpc) is 2.33. The molecule has 2 rings (SSSR count). The molecule has 0 aliphatic heterocycles. The molecule has 1 aromatic carbocycles. The largest absolute Gasteiger partial charge is 0.324 e. The summed E-state index contributed by atoms with van der Waals surface area (Å²) in [6, 6.07) is 12.3. The molecule has 0 unspecified atom stereocenters. The fourth-order valence-corrected chi connectivity index (χ4v) is 1.51. The lowest BCUT2D eigenvalue weighted by Crippen LogP contribution is -2.19. The molecule has 0 fully saturated rings. The van der Waals surface area contributed by atoms with Crippen molar-refractivity contribution in [2.24, 2.45) is 0 Å². The molecule has 17 heavy (non-hydrogen) atoms. The molecule has 0 bridgehead atoms. The molecular formula is C12H10BrN3O. The van der Waals surface area contributed by atoms with Gasteiger partial charge in [-0.15, -0.1) is 0 Å². The number of nitrogens with one attached hydrogen (secondary N) is 2. The van der Waals surface area contributed by atoms with E-state index in [1.807, 2.05) is 30.3 Å². The fourth-order valence-electron chi connectivity index (χ4n) is 1.25. The Labute approximate surface area is 107 Å². The van der Waals surface area contributed by atoms with Crippen LogP contribution < -0.4 is 10.6 Å². The molecule has 1 heterocycles. The minimum absolute atomic E-state index is 0.314. The van der Waals surface area contributed by atoms with Gasteiger partial charge in [-0.25, -0.2) is 9.78 Å². The Hall–Kier alpha value is -1.88. The van der Waals surface area contributed by atoms with E-state index in [1.165, 1.54) is 0 Å². The van der Waals surface area contributed by atoms with Gasteiger partial charge in [-0.1, -0.05) is 22.0 Å². The third kappa shape index (κ3) is 3.57. The van der Waals surface area contributed by atoms with Gasteiger partial charge in [0.25, 0.3) is 0 Å². The summed E-state index contributed by atoms with van der Waals surface area (Å²) in [5.41, 5.74) is 0.724. The van der Waals surface area contributed by atoms with Crippen LogP contribution in [0.15, 0.2) is 53.1 Å². The summed E-state index contributed by atoms with van der Waals surface area (Å²) in [6.45, 7) is 0. The number of amides is 2. The number of carbonyl (C=O) groups is 1. The molecule has 0 aliphatic carbocycles. The number of pyridine rings is 1. The SMILES string of the molecule is O=C(Nc1ccc(Br)cc1)Nc1ccccn1. The number of carbonyl (C=O) groups excluding carboxylic acids is 1. The summed E-state index contributed by atoms with van der Waals surface area (Å²) in [4.78, 5) is 15.6.